The number of fused-ring (bicyclic) bond motifs is 3. The number of nitrogens with two attached hydrogens (primary N) is 4. The first-order valence-corrected chi connectivity index (χ1v) is 52.3. The SMILES string of the molecule is CC1CC(CC2CCC(N)C(C)C2)CCC1N.CCCCCCCCCCC(C(=O)O)N1C(=O)c2ccc(C(=O)O)cc2C1=O.CCCCCCCCCCC(C(C)=O)N1C(=O)c2ccc(C(=O)CCCCCCCNC(=O)C(CCCCCCCCCC)N3C(=O)c4ccc(C(=O)NC5CCC(CC6CCC(NC)C(C)C6)CC5C)cc4C3=O)cc2C1=O.NCCCCCCN. The molecule has 7 aliphatic rings. The second kappa shape index (κ2) is 59.9. The molecule has 10 rings (SSSR count). The molecule has 0 spiro atoms. The molecule has 13 N–H and O–H groups in total. The number of ketones is 2. The van der Waals surface area contributed by atoms with Gasteiger partial charge in [-0.1, -0.05) is 241 Å². The van der Waals surface area contributed by atoms with E-state index in [1.54, 1.807) is 24.3 Å². The van der Waals surface area contributed by atoms with Crippen LogP contribution in [-0.4, -0.2) is 165 Å². The molecule has 8 amide bonds. The Bertz CT molecular complexity index is 4100. The van der Waals surface area contributed by atoms with E-state index in [1.807, 2.05) is 0 Å². The summed E-state index contributed by atoms with van der Waals surface area (Å²) in [6, 6.07) is 11.6. The predicted molar refractivity (Wildman–Crippen MR) is 526 cm³/mol. The first-order valence-electron chi connectivity index (χ1n) is 52.3. The number of carbonyl (C=O) groups excluding carboxylic acids is 10. The van der Waals surface area contributed by atoms with E-state index in [1.165, 1.54) is 192 Å². The molecule has 4 fully saturated rings. The van der Waals surface area contributed by atoms with Crippen molar-refractivity contribution >= 4 is 70.8 Å². The van der Waals surface area contributed by atoms with E-state index < -0.39 is 65.5 Å². The number of nitrogens with one attached hydrogen (secondary N) is 3. The van der Waals surface area contributed by atoms with Crippen molar-refractivity contribution < 1.29 is 67.7 Å². The Hall–Kier alpha value is -7.90. The van der Waals surface area contributed by atoms with E-state index >= 15 is 0 Å². The largest absolute Gasteiger partial charge is 0.480 e. The Balaban J connectivity index is 0.000000358. The molecule has 132 heavy (non-hydrogen) atoms. The van der Waals surface area contributed by atoms with Gasteiger partial charge in [0.1, 0.15) is 12.1 Å². The number of aromatic carboxylic acids is 1. The molecule has 24 nitrogen and oxygen atoms in total. The number of imide groups is 3. The number of hydrogen-bond donors (Lipinski definition) is 9. The number of nitrogens with zero attached hydrogens (tertiary/aromatic N) is 3. The number of amides is 8. The lowest BCUT2D eigenvalue weighted by Crippen LogP contribution is -2.49. The fraction of sp³-hybridized carbons (Fsp3) is 0.722. The van der Waals surface area contributed by atoms with Crippen molar-refractivity contribution in [1.82, 2.24) is 30.7 Å². The Morgan fingerprint density at radius 3 is 1.12 bits per heavy atom. The first kappa shape index (κ1) is 111. The monoisotopic (exact) mass is 1830 g/mol. The van der Waals surface area contributed by atoms with Crippen LogP contribution in [0.5, 0.6) is 0 Å². The molecule has 15 unspecified atom stereocenters. The number of aliphatic carboxylic acids is 1. The summed E-state index contributed by atoms with van der Waals surface area (Å²) < 4.78 is 0. The maximum Gasteiger partial charge on any atom is 0.335 e. The van der Waals surface area contributed by atoms with E-state index in [2.05, 4.69) is 71.5 Å². The van der Waals surface area contributed by atoms with Gasteiger partial charge in [-0.2, -0.15) is 0 Å². The smallest absolute Gasteiger partial charge is 0.335 e. The van der Waals surface area contributed by atoms with E-state index in [0.29, 0.717) is 92.1 Å². The number of carbonyl (C=O) groups is 12. The third-order valence-corrected chi connectivity index (χ3v) is 29.9. The number of Topliss-reactive ketones (excluding diaryl/α,β-unsaturated/α-hetero) is 2. The summed E-state index contributed by atoms with van der Waals surface area (Å²) >= 11 is 0. The van der Waals surface area contributed by atoms with E-state index in [0.717, 1.165) is 179 Å². The van der Waals surface area contributed by atoms with E-state index in [-0.39, 0.29) is 81.2 Å². The molecule has 0 bridgehead atoms. The molecule has 3 aliphatic heterocycles. The Labute approximate surface area is 791 Å². The van der Waals surface area contributed by atoms with Crippen LogP contribution >= 0.6 is 0 Å². The quantitative estimate of drug-likeness (QED) is 0.0144. The first-order chi connectivity index (χ1) is 63.5. The summed E-state index contributed by atoms with van der Waals surface area (Å²) in [5, 5.41) is 28.4. The summed E-state index contributed by atoms with van der Waals surface area (Å²) in [5.74, 6) is -1.02. The number of unbranched alkanes of at least 4 members (excludes halogenated alkanes) is 28. The van der Waals surface area contributed by atoms with Crippen LogP contribution in [0.3, 0.4) is 0 Å². The van der Waals surface area contributed by atoms with Crippen molar-refractivity contribution in [2.24, 2.45) is 70.3 Å². The van der Waals surface area contributed by atoms with Crippen LogP contribution in [0.2, 0.25) is 0 Å². The van der Waals surface area contributed by atoms with Crippen molar-refractivity contribution in [2.45, 2.75) is 425 Å². The minimum atomic E-state index is -1.24. The van der Waals surface area contributed by atoms with Crippen molar-refractivity contribution in [3.63, 3.8) is 0 Å². The molecule has 4 aliphatic carbocycles. The van der Waals surface area contributed by atoms with Gasteiger partial charge in [0.05, 0.1) is 45.0 Å². The van der Waals surface area contributed by atoms with Gasteiger partial charge in [0.15, 0.2) is 11.6 Å². The normalized spacial score (nSPS) is 22.8. The molecule has 24 heteroatoms. The second-order valence-electron chi connectivity index (χ2n) is 40.4. The third-order valence-electron chi connectivity index (χ3n) is 29.9. The highest BCUT2D eigenvalue weighted by Gasteiger charge is 2.47. The van der Waals surface area contributed by atoms with E-state index in [9.17, 15) is 62.6 Å². The topological polar surface area (TPSA) is 395 Å². The van der Waals surface area contributed by atoms with Crippen LogP contribution in [0.25, 0.3) is 0 Å². The zero-order valence-corrected chi connectivity index (χ0v) is 82.5. The van der Waals surface area contributed by atoms with Crippen molar-refractivity contribution in [3.8, 4) is 0 Å². The van der Waals surface area contributed by atoms with Crippen LogP contribution in [0, 0.1) is 47.3 Å². The van der Waals surface area contributed by atoms with Gasteiger partial charge in [-0.15, -0.1) is 0 Å². The van der Waals surface area contributed by atoms with Crippen molar-refractivity contribution in [1.29, 1.82) is 0 Å². The fourth-order valence-electron chi connectivity index (χ4n) is 21.6. The lowest BCUT2D eigenvalue weighted by molar-refractivity contribution is -0.141. The van der Waals surface area contributed by atoms with Crippen LogP contribution in [0.4, 0.5) is 0 Å². The van der Waals surface area contributed by atoms with Gasteiger partial charge < -0.3 is 49.1 Å². The van der Waals surface area contributed by atoms with Gasteiger partial charge in [0.2, 0.25) is 5.91 Å². The summed E-state index contributed by atoms with van der Waals surface area (Å²) in [6.45, 7) is 19.3. The number of carboxylic acids is 2. The molecule has 3 aromatic rings. The molecular weight excluding hydrogens is 1660 g/mol. The number of benzene rings is 3. The van der Waals surface area contributed by atoms with Gasteiger partial charge in [-0.3, -0.25) is 62.6 Å². The van der Waals surface area contributed by atoms with Gasteiger partial charge in [-0.25, -0.2) is 9.59 Å². The average molecular weight is 1830 g/mol. The summed E-state index contributed by atoms with van der Waals surface area (Å²) in [5.41, 5.74) is 24.1. The predicted octanol–water partition coefficient (Wildman–Crippen LogP) is 20.9. The minimum absolute atomic E-state index is 0.0365. The maximum absolute atomic E-state index is 14.2. The van der Waals surface area contributed by atoms with Gasteiger partial charge >= 0.3 is 11.9 Å². The standard InChI is InChI=1S/C66H99N5O8.C21H27NO6.C15H30N2.C6H16N2/c1-7-9-11-13-15-17-20-24-28-58(47(5)72)70-63(76)52-35-33-50(43-54(52)65(70)78)60(73)30-26-22-19-23-27-39-68-62(75)59(29-25-21-18-16-14-12-10-8-2)71-64(77)53-36-34-51(44-55(53)66(71)79)61(74)69-57-38-32-49(41-46(57)4)42-48-31-37-56(67-6)45(3)40-48;1-2-3-4-5-6-7-8-9-10-17(21(27)28)22-18(23)15-12-11-14(20(25)26)13-16(15)19(22)24;1-10-7-12(3-5-14(10)16)9-13-4-6-15(17)11(2)8-13;7-5-3-1-2-4-6-8/h33-36,43-46,48-49,56-59,67H,7-32,37-42H2,1-6H3,(H,68,75)(H,69,74);11-13,17H,2-10H2,1H3,(H,25,26)(H,27,28);10-15H,3-9,16-17H2,1-2H3;1-8H2. The Kier molecular flexibility index (Phi) is 50.4. The molecule has 3 aromatic carbocycles. The summed E-state index contributed by atoms with van der Waals surface area (Å²) in [7, 11) is 2.07. The van der Waals surface area contributed by atoms with Gasteiger partial charge in [-0.05, 0) is 258 Å². The zero-order chi connectivity index (χ0) is 96.2. The molecule has 4 saturated carbocycles. The second-order valence-corrected chi connectivity index (χ2v) is 40.4. The molecule has 738 valence electrons. The van der Waals surface area contributed by atoms with Crippen LogP contribution < -0.4 is 38.9 Å². The molecule has 0 saturated heterocycles. The average Bonchev–Trinajstić information content (AvgIpc) is 1.62. The fourth-order valence-corrected chi connectivity index (χ4v) is 21.6. The Morgan fingerprint density at radius 1 is 0.386 bits per heavy atom. The van der Waals surface area contributed by atoms with Crippen molar-refractivity contribution in [2.75, 3.05) is 26.7 Å². The molecule has 3 heterocycles. The minimum Gasteiger partial charge on any atom is -0.480 e. The lowest BCUT2D eigenvalue weighted by atomic mass is 9.70. The highest BCUT2D eigenvalue weighted by molar-refractivity contribution is 6.25. The third kappa shape index (κ3) is 34.7. The lowest BCUT2D eigenvalue weighted by Gasteiger charge is -2.39. The Morgan fingerprint density at radius 2 is 0.720 bits per heavy atom. The molecule has 15 atom stereocenters. The number of hydrogen-bond acceptors (Lipinski definition) is 17. The zero-order valence-electron chi connectivity index (χ0n) is 82.5. The van der Waals surface area contributed by atoms with Crippen molar-refractivity contribution in [3.05, 3.63) is 105 Å². The highest BCUT2D eigenvalue weighted by Crippen LogP contribution is 2.42. The summed E-state index contributed by atoms with van der Waals surface area (Å²) in [6.07, 6.45) is 52.9. The molecule has 0 radical (unpaired) electrons. The van der Waals surface area contributed by atoms with Crippen LogP contribution in [-0.2, 0) is 14.4 Å². The van der Waals surface area contributed by atoms with Gasteiger partial charge in [0.25, 0.3) is 41.4 Å². The maximum atomic E-state index is 14.2. The molecular formula is C108H172N10O14. The van der Waals surface area contributed by atoms with E-state index in [4.69, 9.17) is 28.0 Å². The highest BCUT2D eigenvalue weighted by atomic mass is 16.4. The van der Waals surface area contributed by atoms with Crippen LogP contribution in [0.1, 0.15) is 476 Å². The molecule has 0 aromatic heterocycles. The van der Waals surface area contributed by atoms with Gasteiger partial charge in [0, 0.05) is 48.3 Å². The summed E-state index contributed by atoms with van der Waals surface area (Å²) in [4.78, 5) is 160. The number of rotatable bonds is 55. The van der Waals surface area contributed by atoms with Crippen LogP contribution in [0.15, 0.2) is 54.6 Å². The number of carboxylic acid groups (broad SMARTS) is 2.